The SMILES string of the molecule is CCNC(CCOCC)c1cccc(C(F)(F)F)c1. The third kappa shape index (κ3) is 5.20. The van der Waals surface area contributed by atoms with Crippen LogP contribution in [0.4, 0.5) is 13.2 Å². The van der Waals surface area contributed by atoms with Crippen molar-refractivity contribution >= 4 is 0 Å². The van der Waals surface area contributed by atoms with E-state index in [9.17, 15) is 13.2 Å². The molecule has 0 aliphatic carbocycles. The summed E-state index contributed by atoms with van der Waals surface area (Å²) in [6, 6.07) is 5.35. The first kappa shape index (κ1) is 16.0. The van der Waals surface area contributed by atoms with E-state index in [0.717, 1.165) is 6.07 Å². The Kier molecular flexibility index (Phi) is 6.31. The molecule has 5 heteroatoms. The topological polar surface area (TPSA) is 21.3 Å². The van der Waals surface area contributed by atoms with E-state index in [0.29, 0.717) is 31.7 Å². The minimum atomic E-state index is -4.30. The smallest absolute Gasteiger partial charge is 0.382 e. The summed E-state index contributed by atoms with van der Waals surface area (Å²) in [6.45, 7) is 5.67. The molecule has 0 radical (unpaired) electrons. The highest BCUT2D eigenvalue weighted by Gasteiger charge is 2.30. The molecule has 1 atom stereocenters. The van der Waals surface area contributed by atoms with Crippen LogP contribution in [0.1, 0.15) is 37.4 Å². The highest BCUT2D eigenvalue weighted by Crippen LogP contribution is 2.31. The number of hydrogen-bond donors (Lipinski definition) is 1. The van der Waals surface area contributed by atoms with Gasteiger partial charge in [-0.15, -0.1) is 0 Å². The maximum atomic E-state index is 12.7. The van der Waals surface area contributed by atoms with E-state index in [1.807, 2.05) is 13.8 Å². The molecule has 0 aliphatic heterocycles. The van der Waals surface area contributed by atoms with Gasteiger partial charge in [-0.1, -0.05) is 19.1 Å². The Hall–Kier alpha value is -1.07. The lowest BCUT2D eigenvalue weighted by Crippen LogP contribution is -2.23. The highest BCUT2D eigenvalue weighted by atomic mass is 19.4. The molecule has 1 rings (SSSR count). The maximum Gasteiger partial charge on any atom is 0.416 e. The minimum Gasteiger partial charge on any atom is -0.382 e. The molecule has 1 N–H and O–H groups in total. The molecule has 0 bridgehead atoms. The number of benzene rings is 1. The van der Waals surface area contributed by atoms with Crippen molar-refractivity contribution in [3.05, 3.63) is 35.4 Å². The van der Waals surface area contributed by atoms with Crippen LogP contribution in [0.25, 0.3) is 0 Å². The molecule has 0 aromatic heterocycles. The van der Waals surface area contributed by atoms with Gasteiger partial charge < -0.3 is 10.1 Å². The van der Waals surface area contributed by atoms with Gasteiger partial charge in [0.25, 0.3) is 0 Å². The summed E-state index contributed by atoms with van der Waals surface area (Å²) in [6.07, 6.45) is -3.64. The van der Waals surface area contributed by atoms with Crippen LogP contribution in [0.3, 0.4) is 0 Å². The third-order valence-corrected chi connectivity index (χ3v) is 2.82. The largest absolute Gasteiger partial charge is 0.416 e. The van der Waals surface area contributed by atoms with E-state index in [2.05, 4.69) is 5.32 Å². The van der Waals surface area contributed by atoms with Crippen LogP contribution < -0.4 is 5.32 Å². The van der Waals surface area contributed by atoms with Gasteiger partial charge in [0.1, 0.15) is 0 Å². The van der Waals surface area contributed by atoms with E-state index in [1.54, 1.807) is 6.07 Å². The Morgan fingerprint density at radius 1 is 1.26 bits per heavy atom. The van der Waals surface area contributed by atoms with Gasteiger partial charge in [-0.3, -0.25) is 0 Å². The third-order valence-electron chi connectivity index (χ3n) is 2.82. The predicted octanol–water partition coefficient (Wildman–Crippen LogP) is 3.78. The van der Waals surface area contributed by atoms with E-state index in [1.165, 1.54) is 12.1 Å². The van der Waals surface area contributed by atoms with Gasteiger partial charge in [-0.05, 0) is 37.6 Å². The summed E-state index contributed by atoms with van der Waals surface area (Å²) < 4.78 is 43.3. The molecule has 1 aromatic carbocycles. The first-order valence-corrected chi connectivity index (χ1v) is 6.47. The van der Waals surface area contributed by atoms with Crippen LogP contribution in [0.15, 0.2) is 24.3 Å². The molecule has 0 fully saturated rings. The number of hydrogen-bond acceptors (Lipinski definition) is 2. The second-order valence-electron chi connectivity index (χ2n) is 4.22. The molecule has 1 unspecified atom stereocenters. The summed E-state index contributed by atoms with van der Waals surface area (Å²) in [5, 5.41) is 3.19. The van der Waals surface area contributed by atoms with E-state index < -0.39 is 11.7 Å². The van der Waals surface area contributed by atoms with E-state index >= 15 is 0 Å². The molecular weight excluding hydrogens is 255 g/mol. The van der Waals surface area contributed by atoms with Crippen molar-refractivity contribution in [2.24, 2.45) is 0 Å². The molecule has 0 heterocycles. The second kappa shape index (κ2) is 7.50. The van der Waals surface area contributed by atoms with Gasteiger partial charge in [0, 0.05) is 19.3 Å². The molecule has 19 heavy (non-hydrogen) atoms. The Morgan fingerprint density at radius 2 is 2.00 bits per heavy atom. The number of alkyl halides is 3. The predicted molar refractivity (Wildman–Crippen MR) is 69.0 cm³/mol. The summed E-state index contributed by atoms with van der Waals surface area (Å²) >= 11 is 0. The Balaban J connectivity index is 2.83. The van der Waals surface area contributed by atoms with Gasteiger partial charge in [-0.25, -0.2) is 0 Å². The molecule has 0 saturated heterocycles. The lowest BCUT2D eigenvalue weighted by molar-refractivity contribution is -0.137. The summed E-state index contributed by atoms with van der Waals surface area (Å²) in [5.74, 6) is 0. The molecule has 1 aromatic rings. The summed E-state index contributed by atoms with van der Waals surface area (Å²) in [4.78, 5) is 0. The van der Waals surface area contributed by atoms with Gasteiger partial charge in [0.2, 0.25) is 0 Å². The maximum absolute atomic E-state index is 12.7. The number of nitrogens with one attached hydrogen (secondary N) is 1. The van der Waals surface area contributed by atoms with Crippen molar-refractivity contribution in [1.29, 1.82) is 0 Å². The molecule has 0 saturated carbocycles. The molecule has 2 nitrogen and oxygen atoms in total. The van der Waals surface area contributed by atoms with Crippen molar-refractivity contribution in [3.63, 3.8) is 0 Å². The van der Waals surface area contributed by atoms with Gasteiger partial charge in [-0.2, -0.15) is 13.2 Å². The number of rotatable bonds is 7. The second-order valence-corrected chi connectivity index (χ2v) is 4.22. The lowest BCUT2D eigenvalue weighted by atomic mass is 10.0. The monoisotopic (exact) mass is 275 g/mol. The molecule has 0 aliphatic rings. The molecule has 0 amide bonds. The highest BCUT2D eigenvalue weighted by molar-refractivity contribution is 5.28. The minimum absolute atomic E-state index is 0.112. The zero-order valence-electron chi connectivity index (χ0n) is 11.3. The van der Waals surface area contributed by atoms with Crippen molar-refractivity contribution in [2.75, 3.05) is 19.8 Å². The molecule has 108 valence electrons. The van der Waals surface area contributed by atoms with Crippen LogP contribution >= 0.6 is 0 Å². The Morgan fingerprint density at radius 3 is 2.58 bits per heavy atom. The van der Waals surface area contributed by atoms with Gasteiger partial charge in [0.15, 0.2) is 0 Å². The molecular formula is C14H20F3NO. The normalized spacial score (nSPS) is 13.5. The van der Waals surface area contributed by atoms with Crippen LogP contribution in [0, 0.1) is 0 Å². The quantitative estimate of drug-likeness (QED) is 0.765. The standard InChI is InChI=1S/C14H20F3NO/c1-3-18-13(8-9-19-4-2)11-6-5-7-12(10-11)14(15,16)17/h5-7,10,13,18H,3-4,8-9H2,1-2H3. The first-order valence-electron chi connectivity index (χ1n) is 6.47. The zero-order chi connectivity index (χ0) is 14.3. The van der Waals surface area contributed by atoms with Crippen LogP contribution in [-0.2, 0) is 10.9 Å². The van der Waals surface area contributed by atoms with E-state index in [-0.39, 0.29) is 6.04 Å². The van der Waals surface area contributed by atoms with Crippen molar-refractivity contribution in [3.8, 4) is 0 Å². The lowest BCUT2D eigenvalue weighted by Gasteiger charge is -2.19. The van der Waals surface area contributed by atoms with Gasteiger partial charge in [0.05, 0.1) is 5.56 Å². The van der Waals surface area contributed by atoms with Crippen LogP contribution in [0.2, 0.25) is 0 Å². The number of ether oxygens (including phenoxy) is 1. The Labute approximate surface area is 112 Å². The fourth-order valence-electron chi connectivity index (χ4n) is 1.91. The average Bonchev–Trinajstić information content (AvgIpc) is 2.37. The van der Waals surface area contributed by atoms with Crippen molar-refractivity contribution in [1.82, 2.24) is 5.32 Å². The van der Waals surface area contributed by atoms with Crippen LogP contribution in [-0.4, -0.2) is 19.8 Å². The van der Waals surface area contributed by atoms with Crippen molar-refractivity contribution in [2.45, 2.75) is 32.5 Å². The zero-order valence-corrected chi connectivity index (χ0v) is 11.3. The fraction of sp³-hybridized carbons (Fsp3) is 0.571. The summed E-state index contributed by atoms with van der Waals surface area (Å²) in [7, 11) is 0. The molecule has 0 spiro atoms. The first-order chi connectivity index (χ1) is 8.99. The van der Waals surface area contributed by atoms with Gasteiger partial charge >= 0.3 is 6.18 Å². The van der Waals surface area contributed by atoms with Crippen molar-refractivity contribution < 1.29 is 17.9 Å². The average molecular weight is 275 g/mol. The number of halogens is 3. The van der Waals surface area contributed by atoms with E-state index in [4.69, 9.17) is 4.74 Å². The van der Waals surface area contributed by atoms with Crippen LogP contribution in [0.5, 0.6) is 0 Å². The Bertz CT molecular complexity index is 379. The fourth-order valence-corrected chi connectivity index (χ4v) is 1.91. The summed E-state index contributed by atoms with van der Waals surface area (Å²) in [5.41, 5.74) is 0.0423.